The summed E-state index contributed by atoms with van der Waals surface area (Å²) in [6.07, 6.45) is 8.50. The Morgan fingerprint density at radius 2 is 2.33 bits per heavy atom. The molecule has 1 aliphatic carbocycles. The zero-order valence-corrected chi connectivity index (χ0v) is 7.79. The number of hydrogen-bond acceptors (Lipinski definition) is 2. The van der Waals surface area contributed by atoms with E-state index in [0.717, 1.165) is 6.04 Å². The Morgan fingerprint density at radius 1 is 1.42 bits per heavy atom. The van der Waals surface area contributed by atoms with E-state index in [1.807, 2.05) is 0 Å². The van der Waals surface area contributed by atoms with Gasteiger partial charge in [-0.05, 0) is 32.9 Å². The van der Waals surface area contributed by atoms with E-state index in [4.69, 9.17) is 0 Å². The quantitative estimate of drug-likeness (QED) is 0.616. The number of rotatable bonds is 2. The first-order chi connectivity index (χ1) is 5.84. The number of nitrogens with zero attached hydrogens (tertiary/aromatic N) is 1. The lowest BCUT2D eigenvalue weighted by molar-refractivity contribution is 0.390. The molecule has 1 heterocycles. The Bertz CT molecular complexity index is 177. The van der Waals surface area contributed by atoms with Crippen LogP contribution in [0.2, 0.25) is 0 Å². The minimum absolute atomic E-state index is 0.668. The molecule has 0 aromatic rings. The van der Waals surface area contributed by atoms with Crippen LogP contribution in [0.4, 0.5) is 0 Å². The molecule has 1 N–H and O–H groups in total. The fourth-order valence-corrected chi connectivity index (χ4v) is 2.15. The van der Waals surface area contributed by atoms with Gasteiger partial charge in [-0.3, -0.25) is 0 Å². The van der Waals surface area contributed by atoms with E-state index in [9.17, 15) is 0 Å². The lowest BCUT2D eigenvalue weighted by Crippen LogP contribution is -2.37. The van der Waals surface area contributed by atoms with Gasteiger partial charge in [0.05, 0.1) is 0 Å². The fraction of sp³-hybridized carbons (Fsp3) is 0.800. The summed E-state index contributed by atoms with van der Waals surface area (Å²) in [6.45, 7) is 2.48. The third-order valence-corrected chi connectivity index (χ3v) is 2.85. The van der Waals surface area contributed by atoms with Crippen molar-refractivity contribution in [3.8, 4) is 0 Å². The molecule has 1 fully saturated rings. The smallest absolute Gasteiger partial charge is 0.0256 e. The van der Waals surface area contributed by atoms with Gasteiger partial charge in [0, 0.05) is 18.6 Å². The summed E-state index contributed by atoms with van der Waals surface area (Å²) in [7, 11) is 2.20. The van der Waals surface area contributed by atoms with Crippen LogP contribution in [0.3, 0.4) is 0 Å². The third kappa shape index (κ3) is 1.87. The van der Waals surface area contributed by atoms with Crippen molar-refractivity contribution in [3.05, 3.63) is 12.2 Å². The summed E-state index contributed by atoms with van der Waals surface area (Å²) < 4.78 is 0. The summed E-state index contributed by atoms with van der Waals surface area (Å²) >= 11 is 0. The average Bonchev–Trinajstić information content (AvgIpc) is 2.63. The maximum Gasteiger partial charge on any atom is 0.0256 e. The van der Waals surface area contributed by atoms with E-state index in [0.29, 0.717) is 6.04 Å². The molecule has 0 aromatic carbocycles. The predicted octanol–water partition coefficient (Wildman–Crippen LogP) is 0.999. The van der Waals surface area contributed by atoms with Gasteiger partial charge in [0.15, 0.2) is 0 Å². The first-order valence-corrected chi connectivity index (χ1v) is 4.96. The second-order valence-corrected chi connectivity index (χ2v) is 4.03. The highest BCUT2D eigenvalue weighted by molar-refractivity contribution is 5.02. The van der Waals surface area contributed by atoms with Crippen molar-refractivity contribution >= 4 is 0 Å². The largest absolute Gasteiger partial charge is 0.306 e. The second kappa shape index (κ2) is 3.58. The monoisotopic (exact) mass is 166 g/mol. The van der Waals surface area contributed by atoms with Gasteiger partial charge in [-0.1, -0.05) is 12.2 Å². The first-order valence-electron chi connectivity index (χ1n) is 4.96. The summed E-state index contributed by atoms with van der Waals surface area (Å²) in [4.78, 5) is 2.40. The predicted molar refractivity (Wildman–Crippen MR) is 51.2 cm³/mol. The maximum absolute atomic E-state index is 3.68. The highest BCUT2D eigenvalue weighted by atomic mass is 15.2. The number of likely N-dealkylation sites (tertiary alicyclic amines) is 1. The number of hydrogen-bond donors (Lipinski definition) is 1. The summed E-state index contributed by atoms with van der Waals surface area (Å²) in [5.41, 5.74) is 0. The summed E-state index contributed by atoms with van der Waals surface area (Å²) in [5, 5.41) is 3.68. The number of likely N-dealkylation sites (N-methyl/N-ethyl adjacent to an activating group) is 1. The van der Waals surface area contributed by atoms with E-state index in [1.54, 1.807) is 0 Å². The van der Waals surface area contributed by atoms with Gasteiger partial charge in [-0.2, -0.15) is 0 Å². The zero-order valence-electron chi connectivity index (χ0n) is 7.79. The fourth-order valence-electron chi connectivity index (χ4n) is 2.15. The molecule has 0 amide bonds. The first kappa shape index (κ1) is 8.27. The van der Waals surface area contributed by atoms with Crippen LogP contribution in [0.5, 0.6) is 0 Å². The van der Waals surface area contributed by atoms with Gasteiger partial charge in [0.25, 0.3) is 0 Å². The van der Waals surface area contributed by atoms with E-state index >= 15 is 0 Å². The van der Waals surface area contributed by atoms with Crippen LogP contribution in [-0.2, 0) is 0 Å². The van der Waals surface area contributed by atoms with Crippen molar-refractivity contribution in [3.63, 3.8) is 0 Å². The molecule has 0 bridgehead atoms. The molecule has 1 saturated heterocycles. The number of nitrogens with one attached hydrogen (secondary N) is 1. The van der Waals surface area contributed by atoms with Gasteiger partial charge in [-0.15, -0.1) is 0 Å². The van der Waals surface area contributed by atoms with Crippen LogP contribution in [0.1, 0.15) is 19.3 Å². The summed E-state index contributed by atoms with van der Waals surface area (Å²) in [5.74, 6) is 0. The van der Waals surface area contributed by atoms with Crippen molar-refractivity contribution in [1.82, 2.24) is 10.2 Å². The Kier molecular flexibility index (Phi) is 2.47. The molecule has 68 valence electrons. The zero-order chi connectivity index (χ0) is 8.39. The lowest BCUT2D eigenvalue weighted by Gasteiger charge is -2.17. The van der Waals surface area contributed by atoms with E-state index in [2.05, 4.69) is 29.4 Å². The second-order valence-electron chi connectivity index (χ2n) is 4.03. The summed E-state index contributed by atoms with van der Waals surface area (Å²) in [6, 6.07) is 1.41. The van der Waals surface area contributed by atoms with Crippen LogP contribution in [0, 0.1) is 0 Å². The molecular formula is C10H18N2. The van der Waals surface area contributed by atoms with Crippen LogP contribution >= 0.6 is 0 Å². The Labute approximate surface area is 74.6 Å². The van der Waals surface area contributed by atoms with E-state index in [1.165, 1.54) is 32.4 Å². The van der Waals surface area contributed by atoms with Crippen LogP contribution < -0.4 is 5.32 Å². The molecule has 2 unspecified atom stereocenters. The Hall–Kier alpha value is -0.340. The molecular weight excluding hydrogens is 148 g/mol. The highest BCUT2D eigenvalue weighted by Gasteiger charge is 2.21. The minimum atomic E-state index is 0.668. The van der Waals surface area contributed by atoms with Crippen molar-refractivity contribution in [2.75, 3.05) is 20.1 Å². The van der Waals surface area contributed by atoms with Gasteiger partial charge < -0.3 is 10.2 Å². The maximum atomic E-state index is 3.68. The van der Waals surface area contributed by atoms with Crippen molar-refractivity contribution in [2.24, 2.45) is 0 Å². The normalized spacial score (nSPS) is 36.4. The topological polar surface area (TPSA) is 15.3 Å². The van der Waals surface area contributed by atoms with Gasteiger partial charge in [-0.25, -0.2) is 0 Å². The molecule has 0 spiro atoms. The molecule has 0 saturated carbocycles. The molecule has 0 aromatic heterocycles. The highest BCUT2D eigenvalue weighted by Crippen LogP contribution is 2.13. The molecule has 2 heteroatoms. The Balaban J connectivity index is 1.76. The van der Waals surface area contributed by atoms with E-state index in [-0.39, 0.29) is 0 Å². The van der Waals surface area contributed by atoms with Crippen molar-refractivity contribution in [2.45, 2.75) is 31.3 Å². The van der Waals surface area contributed by atoms with Crippen molar-refractivity contribution in [1.29, 1.82) is 0 Å². The average molecular weight is 166 g/mol. The van der Waals surface area contributed by atoms with Gasteiger partial charge in [0.1, 0.15) is 0 Å². The lowest BCUT2D eigenvalue weighted by atomic mass is 10.2. The van der Waals surface area contributed by atoms with Crippen molar-refractivity contribution < 1.29 is 0 Å². The standard InChI is InChI=1S/C10H18N2/c1-12-7-6-10(8-12)11-9-4-2-3-5-9/h2,4,9-11H,3,5-8H2,1H3. The molecule has 2 atom stereocenters. The molecule has 1 aliphatic heterocycles. The molecule has 2 nitrogen and oxygen atoms in total. The molecule has 0 radical (unpaired) electrons. The van der Waals surface area contributed by atoms with Crippen LogP contribution in [-0.4, -0.2) is 37.1 Å². The van der Waals surface area contributed by atoms with Gasteiger partial charge in [0.2, 0.25) is 0 Å². The number of allylic oxidation sites excluding steroid dienone is 1. The minimum Gasteiger partial charge on any atom is -0.306 e. The molecule has 2 aliphatic rings. The third-order valence-electron chi connectivity index (χ3n) is 2.85. The van der Waals surface area contributed by atoms with Crippen LogP contribution in [0.15, 0.2) is 12.2 Å². The Morgan fingerprint density at radius 3 is 2.92 bits per heavy atom. The van der Waals surface area contributed by atoms with E-state index < -0.39 is 0 Å². The van der Waals surface area contributed by atoms with Gasteiger partial charge >= 0.3 is 0 Å². The molecule has 2 rings (SSSR count). The van der Waals surface area contributed by atoms with Crippen LogP contribution in [0.25, 0.3) is 0 Å². The molecule has 12 heavy (non-hydrogen) atoms. The SMILES string of the molecule is CN1CCC(NC2C=CCC2)C1.